The minimum absolute atomic E-state index is 0.0628. The summed E-state index contributed by atoms with van der Waals surface area (Å²) in [6, 6.07) is 15.4. The Balaban J connectivity index is 1.88. The number of nitrogens with one attached hydrogen (secondary N) is 2. The second-order valence-corrected chi connectivity index (χ2v) is 6.45. The first-order valence-electron chi connectivity index (χ1n) is 8.53. The number of hydrogen-bond acceptors (Lipinski definition) is 4. The number of nitrogens with two attached hydrogens (primary N) is 1. The van der Waals surface area contributed by atoms with Crippen molar-refractivity contribution in [2.45, 2.75) is 6.54 Å². The summed E-state index contributed by atoms with van der Waals surface area (Å²) in [5.74, 6) is 1.09. The van der Waals surface area contributed by atoms with Gasteiger partial charge in [-0.05, 0) is 43.9 Å². The molecule has 0 aliphatic carbocycles. The summed E-state index contributed by atoms with van der Waals surface area (Å²) in [5, 5.41) is 3.38. The average Bonchev–Trinajstić information content (AvgIpc) is 3.07. The van der Waals surface area contributed by atoms with Gasteiger partial charge in [0.2, 0.25) is 0 Å². The van der Waals surface area contributed by atoms with Crippen molar-refractivity contribution in [3.8, 4) is 11.5 Å². The molecule has 1 aromatic heterocycles. The summed E-state index contributed by atoms with van der Waals surface area (Å²) in [4.78, 5) is 21.2. The monoisotopic (exact) mass is 365 g/mol. The van der Waals surface area contributed by atoms with E-state index in [0.29, 0.717) is 11.4 Å². The number of amides is 1. The van der Waals surface area contributed by atoms with Gasteiger partial charge in [-0.25, -0.2) is 0 Å². The van der Waals surface area contributed by atoms with Gasteiger partial charge in [0.1, 0.15) is 11.4 Å². The molecule has 2 aromatic carbocycles. The predicted molar refractivity (Wildman–Crippen MR) is 107 cm³/mol. The zero-order valence-electron chi connectivity index (χ0n) is 15.6. The lowest BCUT2D eigenvalue weighted by atomic mass is 10.2. The van der Waals surface area contributed by atoms with Gasteiger partial charge in [-0.15, -0.1) is 0 Å². The van der Waals surface area contributed by atoms with Crippen molar-refractivity contribution in [3.63, 3.8) is 0 Å². The molecule has 4 N–H and O–H groups in total. The highest BCUT2D eigenvalue weighted by Crippen LogP contribution is 2.30. The second kappa shape index (κ2) is 7.92. The highest BCUT2D eigenvalue weighted by atomic mass is 16.5. The molecular formula is C20H23N5O2. The Morgan fingerprint density at radius 1 is 1.22 bits per heavy atom. The van der Waals surface area contributed by atoms with E-state index in [1.54, 1.807) is 6.07 Å². The maximum atomic E-state index is 12.3. The van der Waals surface area contributed by atoms with Crippen LogP contribution in [0.25, 0.3) is 10.9 Å². The SMILES string of the molecule is CN=C(N)NC(=O)c1cc2cccc(Oc3cccc(CN(C)C)c3)c2[nH]1. The number of rotatable bonds is 5. The van der Waals surface area contributed by atoms with E-state index in [1.165, 1.54) is 7.05 Å². The van der Waals surface area contributed by atoms with Crippen molar-refractivity contribution in [3.05, 3.63) is 59.8 Å². The molecule has 0 fully saturated rings. The molecular weight excluding hydrogens is 342 g/mol. The summed E-state index contributed by atoms with van der Waals surface area (Å²) in [6.07, 6.45) is 0. The molecule has 0 spiro atoms. The van der Waals surface area contributed by atoms with Crippen LogP contribution < -0.4 is 15.8 Å². The Bertz CT molecular complexity index is 991. The number of aromatic nitrogens is 1. The van der Waals surface area contributed by atoms with Crippen molar-refractivity contribution in [2.75, 3.05) is 21.1 Å². The van der Waals surface area contributed by atoms with Gasteiger partial charge in [-0.3, -0.25) is 15.1 Å². The zero-order valence-corrected chi connectivity index (χ0v) is 15.6. The van der Waals surface area contributed by atoms with Crippen LogP contribution in [0.2, 0.25) is 0 Å². The number of fused-ring (bicyclic) bond motifs is 1. The van der Waals surface area contributed by atoms with Crippen LogP contribution >= 0.6 is 0 Å². The molecule has 0 aliphatic rings. The van der Waals surface area contributed by atoms with Crippen LogP contribution in [0, 0.1) is 0 Å². The molecule has 0 aliphatic heterocycles. The molecule has 3 rings (SSSR count). The Hall–Kier alpha value is -3.32. The number of ether oxygens (including phenoxy) is 1. The number of guanidine groups is 1. The average molecular weight is 365 g/mol. The van der Waals surface area contributed by atoms with Crippen LogP contribution in [0.15, 0.2) is 53.5 Å². The minimum atomic E-state index is -0.353. The lowest BCUT2D eigenvalue weighted by Gasteiger charge is -2.12. The van der Waals surface area contributed by atoms with E-state index >= 15 is 0 Å². The van der Waals surface area contributed by atoms with Crippen LogP contribution in [0.5, 0.6) is 11.5 Å². The molecule has 3 aromatic rings. The highest BCUT2D eigenvalue weighted by Gasteiger charge is 2.13. The topological polar surface area (TPSA) is 95.7 Å². The van der Waals surface area contributed by atoms with Crippen LogP contribution in [0.3, 0.4) is 0 Å². The first-order chi connectivity index (χ1) is 13.0. The van der Waals surface area contributed by atoms with Gasteiger partial charge in [0.25, 0.3) is 5.91 Å². The molecule has 0 radical (unpaired) electrons. The second-order valence-electron chi connectivity index (χ2n) is 6.45. The number of para-hydroxylation sites is 1. The number of benzene rings is 2. The van der Waals surface area contributed by atoms with E-state index in [1.807, 2.05) is 50.5 Å². The fourth-order valence-electron chi connectivity index (χ4n) is 2.77. The number of hydrogen-bond donors (Lipinski definition) is 3. The van der Waals surface area contributed by atoms with E-state index in [-0.39, 0.29) is 11.9 Å². The number of nitrogens with zero attached hydrogens (tertiary/aromatic N) is 2. The van der Waals surface area contributed by atoms with Gasteiger partial charge in [-0.1, -0.05) is 24.3 Å². The number of carbonyl (C=O) groups excluding carboxylic acids is 1. The molecule has 7 nitrogen and oxygen atoms in total. The fourth-order valence-corrected chi connectivity index (χ4v) is 2.77. The highest BCUT2D eigenvalue weighted by molar-refractivity contribution is 6.07. The van der Waals surface area contributed by atoms with Crippen molar-refractivity contribution < 1.29 is 9.53 Å². The van der Waals surface area contributed by atoms with E-state index in [9.17, 15) is 4.79 Å². The van der Waals surface area contributed by atoms with Crippen molar-refractivity contribution in [2.24, 2.45) is 10.7 Å². The van der Waals surface area contributed by atoms with E-state index in [4.69, 9.17) is 10.5 Å². The van der Waals surface area contributed by atoms with Crippen LogP contribution in [-0.2, 0) is 6.54 Å². The maximum absolute atomic E-state index is 12.3. The quantitative estimate of drug-likeness (QED) is 0.478. The standard InChI is InChI=1S/C20H23N5O2/c1-22-20(21)24-19(26)16-11-14-7-5-9-17(18(14)23-16)27-15-8-4-6-13(10-15)12-25(2)3/h4-11,23H,12H2,1-3H3,(H3,21,22,24,26). The third-order valence-corrected chi connectivity index (χ3v) is 3.97. The fraction of sp³-hybridized carbons (Fsp3) is 0.200. The van der Waals surface area contributed by atoms with Gasteiger partial charge in [0.15, 0.2) is 11.7 Å². The van der Waals surface area contributed by atoms with Gasteiger partial charge in [0, 0.05) is 19.0 Å². The van der Waals surface area contributed by atoms with Gasteiger partial charge in [-0.2, -0.15) is 0 Å². The van der Waals surface area contributed by atoms with Gasteiger partial charge < -0.3 is 20.4 Å². The summed E-state index contributed by atoms with van der Waals surface area (Å²) in [5.41, 5.74) is 7.85. The number of aliphatic imine (C=N–C) groups is 1. The summed E-state index contributed by atoms with van der Waals surface area (Å²) >= 11 is 0. The smallest absolute Gasteiger partial charge is 0.274 e. The Kier molecular flexibility index (Phi) is 5.42. The largest absolute Gasteiger partial charge is 0.455 e. The Morgan fingerprint density at radius 3 is 2.74 bits per heavy atom. The first kappa shape index (κ1) is 18.5. The van der Waals surface area contributed by atoms with E-state index in [2.05, 4.69) is 26.3 Å². The van der Waals surface area contributed by atoms with Crippen LogP contribution in [0.1, 0.15) is 16.1 Å². The van der Waals surface area contributed by atoms with Crippen molar-refractivity contribution in [1.82, 2.24) is 15.2 Å². The van der Waals surface area contributed by atoms with Gasteiger partial charge >= 0.3 is 0 Å². The lowest BCUT2D eigenvalue weighted by molar-refractivity contribution is 0.0972. The van der Waals surface area contributed by atoms with Crippen LogP contribution in [0.4, 0.5) is 0 Å². The first-order valence-corrected chi connectivity index (χ1v) is 8.53. The lowest BCUT2D eigenvalue weighted by Crippen LogP contribution is -2.36. The number of aromatic amines is 1. The number of carbonyl (C=O) groups is 1. The Labute approximate surface area is 157 Å². The molecule has 0 atom stereocenters. The summed E-state index contributed by atoms with van der Waals surface area (Å²) in [7, 11) is 5.56. The molecule has 0 saturated heterocycles. The molecule has 0 bridgehead atoms. The van der Waals surface area contributed by atoms with E-state index < -0.39 is 0 Å². The summed E-state index contributed by atoms with van der Waals surface area (Å²) in [6.45, 7) is 0.828. The minimum Gasteiger partial charge on any atom is -0.455 e. The molecule has 1 amide bonds. The van der Waals surface area contributed by atoms with Crippen molar-refractivity contribution >= 4 is 22.8 Å². The third-order valence-electron chi connectivity index (χ3n) is 3.97. The third kappa shape index (κ3) is 4.45. The van der Waals surface area contributed by atoms with E-state index in [0.717, 1.165) is 28.8 Å². The zero-order chi connectivity index (χ0) is 19.4. The normalized spacial score (nSPS) is 11.8. The molecule has 1 heterocycles. The van der Waals surface area contributed by atoms with Crippen molar-refractivity contribution in [1.29, 1.82) is 0 Å². The maximum Gasteiger partial charge on any atom is 0.274 e. The number of H-pyrrole nitrogens is 1. The Morgan fingerprint density at radius 2 is 2.00 bits per heavy atom. The molecule has 0 unspecified atom stereocenters. The summed E-state index contributed by atoms with van der Waals surface area (Å²) < 4.78 is 6.08. The predicted octanol–water partition coefficient (Wildman–Crippen LogP) is 2.70. The molecule has 27 heavy (non-hydrogen) atoms. The molecule has 140 valence electrons. The van der Waals surface area contributed by atoms with Crippen LogP contribution in [-0.4, -0.2) is 42.9 Å². The molecule has 7 heteroatoms. The van der Waals surface area contributed by atoms with Gasteiger partial charge in [0.05, 0.1) is 5.52 Å². The molecule has 0 saturated carbocycles.